The number of carbonyl (C=O) groups excluding carboxylic acids is 1. The predicted molar refractivity (Wildman–Crippen MR) is 103 cm³/mol. The van der Waals surface area contributed by atoms with Crippen LogP contribution in [0.25, 0.3) is 0 Å². The minimum atomic E-state index is -0.227. The van der Waals surface area contributed by atoms with E-state index in [0.29, 0.717) is 12.0 Å². The lowest BCUT2D eigenvalue weighted by atomic mass is 9.72. The van der Waals surface area contributed by atoms with E-state index in [1.807, 2.05) is 6.08 Å². The van der Waals surface area contributed by atoms with Crippen LogP contribution in [-0.2, 0) is 9.53 Å². The molecule has 2 heteroatoms. The van der Waals surface area contributed by atoms with Crippen LogP contribution in [0.4, 0.5) is 0 Å². The first kappa shape index (κ1) is 20.5. The number of ether oxygens (including phenoxy) is 1. The molecule has 0 aromatic carbocycles. The first-order valence-corrected chi connectivity index (χ1v) is 9.06. The van der Waals surface area contributed by atoms with Crippen LogP contribution in [-0.4, -0.2) is 12.6 Å². The van der Waals surface area contributed by atoms with Gasteiger partial charge in [0.05, 0.1) is 0 Å². The maximum atomic E-state index is 10.7. The van der Waals surface area contributed by atoms with Gasteiger partial charge in [-0.05, 0) is 69.9 Å². The minimum absolute atomic E-state index is 0.227. The van der Waals surface area contributed by atoms with E-state index in [4.69, 9.17) is 4.74 Å². The fraction of sp³-hybridized carbons (Fsp3) is 0.591. The number of hydrogen-bond acceptors (Lipinski definition) is 2. The van der Waals surface area contributed by atoms with Crippen LogP contribution < -0.4 is 0 Å². The van der Waals surface area contributed by atoms with Crippen molar-refractivity contribution in [3.8, 4) is 0 Å². The average molecular weight is 331 g/mol. The molecule has 0 heterocycles. The van der Waals surface area contributed by atoms with Gasteiger partial charge in [0.25, 0.3) is 0 Å². The summed E-state index contributed by atoms with van der Waals surface area (Å²) in [6.07, 6.45) is 14.7. The molecule has 0 fully saturated rings. The number of hydrogen-bond donors (Lipinski definition) is 0. The Morgan fingerprint density at radius 1 is 1.21 bits per heavy atom. The molecule has 0 amide bonds. The topological polar surface area (TPSA) is 26.3 Å². The van der Waals surface area contributed by atoms with E-state index in [1.54, 1.807) is 5.57 Å². The number of carbonyl (C=O) groups is 1. The third kappa shape index (κ3) is 7.33. The lowest BCUT2D eigenvalue weighted by Gasteiger charge is -2.32. The molecule has 0 bridgehead atoms. The molecule has 2 nitrogen and oxygen atoms in total. The van der Waals surface area contributed by atoms with Crippen LogP contribution in [0.1, 0.15) is 73.6 Å². The van der Waals surface area contributed by atoms with Gasteiger partial charge in [-0.25, -0.2) is 0 Å². The van der Waals surface area contributed by atoms with Crippen molar-refractivity contribution in [2.45, 2.75) is 73.6 Å². The molecule has 0 spiro atoms. The third-order valence-electron chi connectivity index (χ3n) is 4.78. The van der Waals surface area contributed by atoms with Crippen LogP contribution in [0.3, 0.4) is 0 Å². The first-order chi connectivity index (χ1) is 11.2. The van der Waals surface area contributed by atoms with Crippen molar-refractivity contribution in [1.82, 2.24) is 0 Å². The zero-order chi connectivity index (χ0) is 18.2. The zero-order valence-corrected chi connectivity index (χ0v) is 16.4. The molecule has 1 rings (SSSR count). The second-order valence-electron chi connectivity index (χ2n) is 7.60. The summed E-state index contributed by atoms with van der Waals surface area (Å²) in [7, 11) is 0. The molecule has 0 saturated carbocycles. The van der Waals surface area contributed by atoms with Crippen LogP contribution in [0.2, 0.25) is 0 Å². The van der Waals surface area contributed by atoms with E-state index in [-0.39, 0.29) is 5.97 Å². The van der Waals surface area contributed by atoms with E-state index in [0.717, 1.165) is 12.8 Å². The summed E-state index contributed by atoms with van der Waals surface area (Å²) in [4.78, 5) is 10.7. The normalized spacial score (nSPS) is 19.1. The summed E-state index contributed by atoms with van der Waals surface area (Å²) in [5, 5.41) is 0. The molecule has 0 radical (unpaired) electrons. The van der Waals surface area contributed by atoms with Crippen LogP contribution in [0.15, 0.2) is 46.6 Å². The zero-order valence-electron chi connectivity index (χ0n) is 16.4. The molecule has 0 saturated heterocycles. The quantitative estimate of drug-likeness (QED) is 0.311. The molecule has 1 aliphatic carbocycles. The fourth-order valence-corrected chi connectivity index (χ4v) is 3.22. The van der Waals surface area contributed by atoms with Gasteiger partial charge in [-0.1, -0.05) is 48.8 Å². The molecule has 24 heavy (non-hydrogen) atoms. The summed E-state index contributed by atoms with van der Waals surface area (Å²) >= 11 is 0. The molecule has 0 unspecified atom stereocenters. The lowest BCUT2D eigenvalue weighted by Crippen LogP contribution is -2.19. The molecular weight excluding hydrogens is 296 g/mol. The van der Waals surface area contributed by atoms with Crippen molar-refractivity contribution in [3.05, 3.63) is 46.6 Å². The van der Waals surface area contributed by atoms with Crippen molar-refractivity contribution in [2.75, 3.05) is 6.61 Å². The molecular formula is C22H34O2. The Bertz CT molecular complexity index is 557. The second kappa shape index (κ2) is 9.66. The van der Waals surface area contributed by atoms with Gasteiger partial charge in [0, 0.05) is 6.92 Å². The van der Waals surface area contributed by atoms with E-state index < -0.39 is 0 Å². The molecule has 134 valence electrons. The number of allylic oxidation sites excluding steroid dienone is 7. The molecule has 0 aromatic rings. The third-order valence-corrected chi connectivity index (χ3v) is 4.78. The van der Waals surface area contributed by atoms with Crippen molar-refractivity contribution >= 4 is 5.97 Å². The standard InChI is InChI=1S/C22H34O2/c1-17(9-7-10-18(2)14-16-24-20(4)23)12-13-21-19(3)11-8-15-22(21,5)6/h9,12-14H,7-8,10-11,15-16H2,1-6H3. The van der Waals surface area contributed by atoms with Crippen LogP contribution >= 0.6 is 0 Å². The Morgan fingerprint density at radius 2 is 1.92 bits per heavy atom. The average Bonchev–Trinajstić information content (AvgIpc) is 2.45. The Labute approximate surface area is 148 Å². The maximum Gasteiger partial charge on any atom is 0.302 e. The summed E-state index contributed by atoms with van der Waals surface area (Å²) < 4.78 is 4.93. The van der Waals surface area contributed by atoms with Gasteiger partial charge in [0.15, 0.2) is 0 Å². The molecule has 0 atom stereocenters. The molecule has 1 aliphatic rings. The highest BCUT2D eigenvalue weighted by molar-refractivity contribution is 5.66. The van der Waals surface area contributed by atoms with Gasteiger partial charge in [-0.2, -0.15) is 0 Å². The van der Waals surface area contributed by atoms with E-state index >= 15 is 0 Å². The van der Waals surface area contributed by atoms with Gasteiger partial charge in [-0.3, -0.25) is 4.79 Å². The number of esters is 1. The van der Waals surface area contributed by atoms with Gasteiger partial charge >= 0.3 is 5.97 Å². The van der Waals surface area contributed by atoms with Crippen molar-refractivity contribution < 1.29 is 9.53 Å². The highest BCUT2D eigenvalue weighted by Gasteiger charge is 2.26. The Morgan fingerprint density at radius 3 is 2.54 bits per heavy atom. The minimum Gasteiger partial charge on any atom is -0.462 e. The fourth-order valence-electron chi connectivity index (χ4n) is 3.22. The largest absolute Gasteiger partial charge is 0.462 e. The van der Waals surface area contributed by atoms with Crippen molar-refractivity contribution in [3.63, 3.8) is 0 Å². The first-order valence-electron chi connectivity index (χ1n) is 9.06. The predicted octanol–water partition coefficient (Wildman–Crippen LogP) is 6.31. The summed E-state index contributed by atoms with van der Waals surface area (Å²) in [5.41, 5.74) is 5.93. The van der Waals surface area contributed by atoms with Gasteiger partial charge in [0.2, 0.25) is 0 Å². The van der Waals surface area contributed by atoms with Crippen molar-refractivity contribution in [2.24, 2.45) is 5.41 Å². The monoisotopic (exact) mass is 330 g/mol. The summed E-state index contributed by atoms with van der Waals surface area (Å²) in [6, 6.07) is 0. The van der Waals surface area contributed by atoms with E-state index in [2.05, 4.69) is 52.8 Å². The number of rotatable bonds is 7. The second-order valence-corrected chi connectivity index (χ2v) is 7.60. The molecule has 0 aliphatic heterocycles. The van der Waals surface area contributed by atoms with Gasteiger partial charge in [0.1, 0.15) is 6.61 Å². The van der Waals surface area contributed by atoms with Gasteiger partial charge < -0.3 is 4.74 Å². The summed E-state index contributed by atoms with van der Waals surface area (Å²) in [6.45, 7) is 13.0. The van der Waals surface area contributed by atoms with E-state index in [1.165, 1.54) is 42.9 Å². The Kier molecular flexibility index (Phi) is 8.24. The van der Waals surface area contributed by atoms with Crippen LogP contribution in [0.5, 0.6) is 0 Å². The SMILES string of the molecule is CC(=O)OCC=C(C)CCC=C(C)C=CC1=C(C)CCCC1(C)C. The molecule has 0 N–H and O–H groups in total. The maximum absolute atomic E-state index is 10.7. The van der Waals surface area contributed by atoms with Crippen molar-refractivity contribution in [1.29, 1.82) is 0 Å². The van der Waals surface area contributed by atoms with Gasteiger partial charge in [-0.15, -0.1) is 0 Å². The van der Waals surface area contributed by atoms with E-state index in [9.17, 15) is 4.79 Å². The highest BCUT2D eigenvalue weighted by Crippen LogP contribution is 2.40. The smallest absolute Gasteiger partial charge is 0.302 e. The Balaban J connectivity index is 2.54. The lowest BCUT2D eigenvalue weighted by molar-refractivity contribution is -0.139. The molecule has 0 aromatic heterocycles. The summed E-state index contributed by atoms with van der Waals surface area (Å²) in [5.74, 6) is -0.227. The highest BCUT2D eigenvalue weighted by atomic mass is 16.5. The Hall–Kier alpha value is -1.57. The van der Waals surface area contributed by atoms with Crippen LogP contribution in [0, 0.1) is 5.41 Å².